The maximum Gasteiger partial charge on any atom is 0.134 e. The summed E-state index contributed by atoms with van der Waals surface area (Å²) in [7, 11) is 0. The van der Waals surface area contributed by atoms with Crippen molar-refractivity contribution in [1.82, 2.24) is 0 Å². The number of allylic oxidation sites excluding steroid dienone is 4. The van der Waals surface area contributed by atoms with Gasteiger partial charge >= 0.3 is 0 Å². The zero-order valence-electron chi connectivity index (χ0n) is 10.8. The van der Waals surface area contributed by atoms with Gasteiger partial charge in [0, 0.05) is 5.56 Å². The standard InChI is InChI=1S/C16H19F/c1-4-14-12(3)7-10-15(16(14)17)13-8-5-11(2)6-9-13/h5,7-8,10H,4,6,9H2,1-3H3. The van der Waals surface area contributed by atoms with Crippen molar-refractivity contribution in [3.8, 4) is 0 Å². The molecule has 1 aromatic rings. The van der Waals surface area contributed by atoms with Gasteiger partial charge in [-0.2, -0.15) is 0 Å². The lowest BCUT2D eigenvalue weighted by Gasteiger charge is -2.15. The van der Waals surface area contributed by atoms with Crippen LogP contribution in [-0.2, 0) is 6.42 Å². The molecule has 0 radical (unpaired) electrons. The lowest BCUT2D eigenvalue weighted by atomic mass is 9.91. The van der Waals surface area contributed by atoms with Crippen molar-refractivity contribution in [3.63, 3.8) is 0 Å². The molecule has 0 nitrogen and oxygen atoms in total. The lowest BCUT2D eigenvalue weighted by Crippen LogP contribution is -2.00. The van der Waals surface area contributed by atoms with E-state index in [0.29, 0.717) is 0 Å². The van der Waals surface area contributed by atoms with Crippen molar-refractivity contribution >= 4 is 5.57 Å². The Morgan fingerprint density at radius 3 is 2.47 bits per heavy atom. The molecule has 0 heterocycles. The quantitative estimate of drug-likeness (QED) is 0.683. The molecule has 0 saturated carbocycles. The fourth-order valence-corrected chi connectivity index (χ4v) is 2.37. The number of aryl methyl sites for hydroxylation is 1. The van der Waals surface area contributed by atoms with Gasteiger partial charge in [-0.3, -0.25) is 0 Å². The fourth-order valence-electron chi connectivity index (χ4n) is 2.37. The lowest BCUT2D eigenvalue weighted by molar-refractivity contribution is 0.605. The predicted molar refractivity (Wildman–Crippen MR) is 71.5 cm³/mol. The minimum absolute atomic E-state index is 0.0216. The number of benzene rings is 1. The summed E-state index contributed by atoms with van der Waals surface area (Å²) in [4.78, 5) is 0. The molecule has 0 spiro atoms. The van der Waals surface area contributed by atoms with E-state index in [1.165, 1.54) is 5.57 Å². The Morgan fingerprint density at radius 1 is 1.12 bits per heavy atom. The maximum absolute atomic E-state index is 14.4. The van der Waals surface area contributed by atoms with Crippen molar-refractivity contribution in [1.29, 1.82) is 0 Å². The van der Waals surface area contributed by atoms with Crippen molar-refractivity contribution < 1.29 is 4.39 Å². The summed E-state index contributed by atoms with van der Waals surface area (Å²) in [6.45, 7) is 6.11. The van der Waals surface area contributed by atoms with Crippen LogP contribution in [-0.4, -0.2) is 0 Å². The molecule has 1 aliphatic rings. The van der Waals surface area contributed by atoms with E-state index >= 15 is 0 Å². The highest BCUT2D eigenvalue weighted by Crippen LogP contribution is 2.30. The zero-order valence-corrected chi connectivity index (χ0v) is 10.8. The molecule has 0 atom stereocenters. The van der Waals surface area contributed by atoms with Crippen molar-refractivity contribution in [2.75, 3.05) is 0 Å². The van der Waals surface area contributed by atoms with E-state index in [0.717, 1.165) is 41.5 Å². The molecule has 0 fully saturated rings. The van der Waals surface area contributed by atoms with Crippen LogP contribution in [0, 0.1) is 12.7 Å². The topological polar surface area (TPSA) is 0 Å². The average Bonchev–Trinajstić information content (AvgIpc) is 2.31. The second-order valence-electron chi connectivity index (χ2n) is 4.78. The van der Waals surface area contributed by atoms with Crippen LogP contribution in [0.3, 0.4) is 0 Å². The van der Waals surface area contributed by atoms with Crippen LogP contribution in [0.15, 0.2) is 29.9 Å². The highest BCUT2D eigenvalue weighted by Gasteiger charge is 2.14. The Morgan fingerprint density at radius 2 is 1.88 bits per heavy atom. The molecule has 0 unspecified atom stereocenters. The van der Waals surface area contributed by atoms with Crippen LogP contribution in [0.1, 0.15) is 43.4 Å². The Kier molecular flexibility index (Phi) is 3.46. The summed E-state index contributed by atoms with van der Waals surface area (Å²) in [5.41, 5.74) is 5.20. The SMILES string of the molecule is CCc1c(C)ccc(C2=CC=C(C)CC2)c1F. The molecular weight excluding hydrogens is 211 g/mol. The van der Waals surface area contributed by atoms with Gasteiger partial charge in [-0.25, -0.2) is 4.39 Å². The second-order valence-corrected chi connectivity index (χ2v) is 4.78. The molecule has 0 saturated heterocycles. The minimum atomic E-state index is -0.0216. The van der Waals surface area contributed by atoms with E-state index < -0.39 is 0 Å². The molecule has 1 aliphatic carbocycles. The molecule has 1 heteroatoms. The highest BCUT2D eigenvalue weighted by molar-refractivity contribution is 5.70. The summed E-state index contributed by atoms with van der Waals surface area (Å²) in [5, 5.41) is 0. The van der Waals surface area contributed by atoms with E-state index in [2.05, 4.69) is 19.1 Å². The van der Waals surface area contributed by atoms with E-state index in [4.69, 9.17) is 0 Å². The molecule has 0 N–H and O–H groups in total. The van der Waals surface area contributed by atoms with Gasteiger partial charge in [0.05, 0.1) is 0 Å². The first-order valence-corrected chi connectivity index (χ1v) is 6.28. The van der Waals surface area contributed by atoms with Crippen molar-refractivity contribution in [2.45, 2.75) is 40.0 Å². The number of hydrogen-bond acceptors (Lipinski definition) is 0. The van der Waals surface area contributed by atoms with Crippen molar-refractivity contribution in [2.24, 2.45) is 0 Å². The smallest absolute Gasteiger partial charge is 0.134 e. The third kappa shape index (κ3) is 2.33. The number of rotatable bonds is 2. The summed E-state index contributed by atoms with van der Waals surface area (Å²) in [6, 6.07) is 3.95. The average molecular weight is 230 g/mol. The molecule has 2 rings (SSSR count). The van der Waals surface area contributed by atoms with Gasteiger partial charge in [0.25, 0.3) is 0 Å². The Balaban J connectivity index is 2.47. The van der Waals surface area contributed by atoms with E-state index in [1.807, 2.05) is 26.0 Å². The van der Waals surface area contributed by atoms with E-state index in [9.17, 15) is 4.39 Å². The predicted octanol–water partition coefficient (Wildman–Crippen LogP) is 4.82. The Hall–Kier alpha value is -1.37. The monoisotopic (exact) mass is 230 g/mol. The van der Waals surface area contributed by atoms with Gasteiger partial charge in [-0.1, -0.05) is 36.8 Å². The molecule has 17 heavy (non-hydrogen) atoms. The summed E-state index contributed by atoms with van der Waals surface area (Å²) < 4.78 is 14.4. The Labute approximate surface area is 103 Å². The van der Waals surface area contributed by atoms with Gasteiger partial charge in [0.2, 0.25) is 0 Å². The third-order valence-electron chi connectivity index (χ3n) is 3.53. The van der Waals surface area contributed by atoms with Crippen LogP contribution < -0.4 is 0 Å². The van der Waals surface area contributed by atoms with Crippen molar-refractivity contribution in [3.05, 3.63) is 52.4 Å². The second kappa shape index (κ2) is 4.87. The normalized spacial score (nSPS) is 15.5. The first-order valence-electron chi connectivity index (χ1n) is 6.28. The summed E-state index contributed by atoms with van der Waals surface area (Å²) >= 11 is 0. The van der Waals surface area contributed by atoms with Gasteiger partial charge in [-0.15, -0.1) is 0 Å². The molecule has 1 aromatic carbocycles. The first-order chi connectivity index (χ1) is 8.13. The Bertz CT molecular complexity index is 492. The van der Waals surface area contributed by atoms with Gasteiger partial charge in [0.15, 0.2) is 0 Å². The van der Waals surface area contributed by atoms with Crippen LogP contribution in [0.2, 0.25) is 0 Å². The van der Waals surface area contributed by atoms with Gasteiger partial charge in [-0.05, 0) is 49.8 Å². The van der Waals surface area contributed by atoms with Crippen LogP contribution in [0.25, 0.3) is 5.57 Å². The third-order valence-corrected chi connectivity index (χ3v) is 3.53. The molecule has 0 amide bonds. The zero-order chi connectivity index (χ0) is 12.4. The highest BCUT2D eigenvalue weighted by atomic mass is 19.1. The van der Waals surface area contributed by atoms with Crippen LogP contribution in [0.4, 0.5) is 4.39 Å². The van der Waals surface area contributed by atoms with E-state index in [-0.39, 0.29) is 5.82 Å². The number of hydrogen-bond donors (Lipinski definition) is 0. The van der Waals surface area contributed by atoms with Gasteiger partial charge < -0.3 is 0 Å². The summed E-state index contributed by atoms with van der Waals surface area (Å²) in [6.07, 6.45) is 6.91. The molecule has 90 valence electrons. The maximum atomic E-state index is 14.4. The molecule has 0 aliphatic heterocycles. The summed E-state index contributed by atoms with van der Waals surface area (Å²) in [5.74, 6) is -0.0216. The minimum Gasteiger partial charge on any atom is -0.206 e. The molecular formula is C16H19F. The van der Waals surface area contributed by atoms with Gasteiger partial charge in [0.1, 0.15) is 5.82 Å². The first kappa shape index (κ1) is 12.1. The molecule has 0 aromatic heterocycles. The fraction of sp³-hybridized carbons (Fsp3) is 0.375. The van der Waals surface area contributed by atoms with Crippen LogP contribution >= 0.6 is 0 Å². The molecule has 0 bridgehead atoms. The largest absolute Gasteiger partial charge is 0.206 e. The number of halogens is 1. The van der Waals surface area contributed by atoms with E-state index in [1.54, 1.807) is 0 Å². The van der Waals surface area contributed by atoms with Crippen LogP contribution in [0.5, 0.6) is 0 Å².